The third-order valence-electron chi connectivity index (χ3n) is 6.50. The maximum Gasteiger partial charge on any atom is 0.246 e. The molecule has 182 valence electrons. The van der Waals surface area contributed by atoms with Crippen LogP contribution in [0.3, 0.4) is 0 Å². The number of fused-ring (bicyclic) bond motifs is 1. The van der Waals surface area contributed by atoms with E-state index in [1.165, 1.54) is 0 Å². The Balaban J connectivity index is 1.79. The molecule has 2 saturated heterocycles. The number of hydrogen-bond donors (Lipinski definition) is 3. The van der Waals surface area contributed by atoms with Crippen LogP contribution < -0.4 is 10.6 Å². The number of piperazine rings is 1. The third kappa shape index (κ3) is 6.05. The molecule has 4 atom stereocenters. The molecule has 0 aliphatic carbocycles. The Morgan fingerprint density at radius 1 is 1.18 bits per heavy atom. The minimum absolute atomic E-state index is 0.118. The Kier molecular flexibility index (Phi) is 7.67. The smallest absolute Gasteiger partial charge is 0.246 e. The van der Waals surface area contributed by atoms with Gasteiger partial charge in [-0.1, -0.05) is 26.0 Å². The van der Waals surface area contributed by atoms with Gasteiger partial charge >= 0.3 is 0 Å². The molecule has 2 fully saturated rings. The van der Waals surface area contributed by atoms with Crippen molar-refractivity contribution in [3.05, 3.63) is 29.8 Å². The number of amides is 3. The van der Waals surface area contributed by atoms with Crippen molar-refractivity contribution in [3.63, 3.8) is 0 Å². The Bertz CT molecular complexity index is 862. The van der Waals surface area contributed by atoms with Gasteiger partial charge in [0.15, 0.2) is 0 Å². The molecule has 33 heavy (non-hydrogen) atoms. The maximum absolute atomic E-state index is 13.4. The number of quaternary nitrogens is 1. The monoisotopic (exact) mass is 459 g/mol. The number of phenolic OH excluding ortho intramolecular Hbond substituents is 1. The minimum Gasteiger partial charge on any atom is -0.508 e. The van der Waals surface area contributed by atoms with Crippen LogP contribution in [0, 0.1) is 11.8 Å². The van der Waals surface area contributed by atoms with Crippen LogP contribution in [0.5, 0.6) is 5.75 Å². The Labute approximate surface area is 196 Å². The van der Waals surface area contributed by atoms with Crippen LogP contribution in [-0.2, 0) is 14.4 Å². The molecule has 3 rings (SSSR count). The zero-order valence-corrected chi connectivity index (χ0v) is 20.5. The van der Waals surface area contributed by atoms with Gasteiger partial charge in [0.1, 0.15) is 17.8 Å². The molecule has 3 amide bonds. The summed E-state index contributed by atoms with van der Waals surface area (Å²) >= 11 is 0. The summed E-state index contributed by atoms with van der Waals surface area (Å²) in [5, 5.41) is 15.7. The fourth-order valence-electron chi connectivity index (χ4n) is 4.90. The van der Waals surface area contributed by atoms with Crippen molar-refractivity contribution >= 4 is 17.7 Å². The van der Waals surface area contributed by atoms with Gasteiger partial charge in [-0.15, -0.1) is 0 Å². The van der Waals surface area contributed by atoms with Gasteiger partial charge in [-0.05, 0) is 49.3 Å². The highest BCUT2D eigenvalue weighted by Crippen LogP contribution is 2.43. The number of phenols is 1. The number of nitrogens with zero attached hydrogens (tertiary/aromatic N) is 2. The molecule has 2 aliphatic heterocycles. The van der Waals surface area contributed by atoms with Crippen LogP contribution in [0.2, 0.25) is 0 Å². The van der Waals surface area contributed by atoms with Crippen LogP contribution in [0.1, 0.15) is 51.1 Å². The molecule has 3 N–H and O–H groups in total. The summed E-state index contributed by atoms with van der Waals surface area (Å²) in [5.74, 6) is -0.616. The molecule has 1 aromatic rings. The predicted molar refractivity (Wildman–Crippen MR) is 126 cm³/mol. The van der Waals surface area contributed by atoms with E-state index in [4.69, 9.17) is 0 Å². The van der Waals surface area contributed by atoms with E-state index in [1.807, 2.05) is 13.8 Å². The lowest BCUT2D eigenvalue weighted by Crippen LogP contribution is -2.61. The van der Waals surface area contributed by atoms with Gasteiger partial charge < -0.3 is 25.1 Å². The summed E-state index contributed by atoms with van der Waals surface area (Å²) in [6.07, 6.45) is 2.73. The Morgan fingerprint density at radius 2 is 1.85 bits per heavy atom. The molecule has 0 unspecified atom stereocenters. The lowest BCUT2D eigenvalue weighted by molar-refractivity contribution is -0.870. The van der Waals surface area contributed by atoms with Crippen LogP contribution in [-0.4, -0.2) is 78.5 Å². The van der Waals surface area contributed by atoms with Gasteiger partial charge in [0.05, 0.1) is 39.6 Å². The van der Waals surface area contributed by atoms with Crippen LogP contribution in [0.4, 0.5) is 0 Å². The van der Waals surface area contributed by atoms with Crippen molar-refractivity contribution < 1.29 is 24.0 Å². The summed E-state index contributed by atoms with van der Waals surface area (Å²) in [5.41, 5.74) is 0.756. The quantitative estimate of drug-likeness (QED) is 0.387. The van der Waals surface area contributed by atoms with E-state index in [0.717, 1.165) is 29.4 Å². The molecule has 2 heterocycles. The summed E-state index contributed by atoms with van der Waals surface area (Å²) in [7, 11) is 6.43. The zero-order valence-electron chi connectivity index (χ0n) is 20.5. The molecule has 0 saturated carbocycles. The molecular formula is C25H39N4O4+. The first-order valence-corrected chi connectivity index (χ1v) is 12.0. The van der Waals surface area contributed by atoms with Crippen molar-refractivity contribution in [1.29, 1.82) is 0 Å². The topological polar surface area (TPSA) is 98.7 Å². The number of nitrogens with one attached hydrogen (secondary N) is 2. The largest absolute Gasteiger partial charge is 0.508 e. The maximum atomic E-state index is 13.4. The van der Waals surface area contributed by atoms with Gasteiger partial charge in [0, 0.05) is 6.54 Å². The van der Waals surface area contributed by atoms with Gasteiger partial charge in [-0.25, -0.2) is 0 Å². The molecule has 0 spiro atoms. The fourth-order valence-corrected chi connectivity index (χ4v) is 4.90. The van der Waals surface area contributed by atoms with Gasteiger partial charge in [-0.3, -0.25) is 14.4 Å². The summed E-state index contributed by atoms with van der Waals surface area (Å²) in [6.45, 7) is 5.62. The highest BCUT2D eigenvalue weighted by Gasteiger charge is 2.54. The third-order valence-corrected chi connectivity index (χ3v) is 6.50. The highest BCUT2D eigenvalue weighted by atomic mass is 16.3. The zero-order chi connectivity index (χ0) is 24.3. The van der Waals surface area contributed by atoms with Crippen molar-refractivity contribution in [2.75, 3.05) is 34.2 Å². The summed E-state index contributed by atoms with van der Waals surface area (Å²) in [4.78, 5) is 41.2. The first kappa shape index (κ1) is 25.0. The normalized spacial score (nSPS) is 25.2. The van der Waals surface area contributed by atoms with Crippen LogP contribution in [0.15, 0.2) is 24.3 Å². The predicted octanol–water partition coefficient (Wildman–Crippen LogP) is 1.80. The van der Waals surface area contributed by atoms with E-state index in [2.05, 4.69) is 31.8 Å². The Morgan fingerprint density at radius 3 is 2.45 bits per heavy atom. The average Bonchev–Trinajstić information content (AvgIpc) is 3.12. The Hall–Kier alpha value is -2.61. The number of aromatic hydroxyl groups is 1. The number of benzene rings is 1. The van der Waals surface area contributed by atoms with E-state index < -0.39 is 24.0 Å². The van der Waals surface area contributed by atoms with Crippen molar-refractivity contribution in [2.24, 2.45) is 11.8 Å². The number of carbonyl (C=O) groups excluding carboxylic acids is 3. The van der Waals surface area contributed by atoms with E-state index in [9.17, 15) is 19.5 Å². The highest BCUT2D eigenvalue weighted by molar-refractivity contribution is 5.99. The van der Waals surface area contributed by atoms with Crippen molar-refractivity contribution in [1.82, 2.24) is 15.5 Å². The minimum atomic E-state index is -0.659. The number of carbonyl (C=O) groups is 3. The number of hydrogen-bond acceptors (Lipinski definition) is 4. The lowest BCUT2D eigenvalue weighted by atomic mass is 9.92. The van der Waals surface area contributed by atoms with Gasteiger partial charge in [0.2, 0.25) is 17.7 Å². The van der Waals surface area contributed by atoms with E-state index in [0.29, 0.717) is 19.4 Å². The van der Waals surface area contributed by atoms with Gasteiger partial charge in [-0.2, -0.15) is 0 Å². The first-order chi connectivity index (χ1) is 15.5. The molecule has 8 heteroatoms. The second-order valence-corrected chi connectivity index (χ2v) is 10.8. The standard InChI is InChI=1S/C25H38N4O4/c1-16(2)14-20-25(33)28-21(24(32)27-20)15-19(22(28)17-8-10-18(30)11-9-17)23(31)26-12-6-7-13-29(3,4)5/h8-11,16,19-22H,6-7,12-15H2,1-5H3,(H2-,26,27,30,31,32)/p+1/t19-,20-,21-,22-/m0/s1. The molecule has 8 nitrogen and oxygen atoms in total. The second-order valence-electron chi connectivity index (χ2n) is 10.8. The number of unbranched alkanes of at least 4 members (excludes halogenated alkanes) is 1. The molecule has 0 bridgehead atoms. The molecular weight excluding hydrogens is 420 g/mol. The van der Waals surface area contributed by atoms with E-state index in [-0.39, 0.29) is 29.4 Å². The van der Waals surface area contributed by atoms with Crippen LogP contribution >= 0.6 is 0 Å². The first-order valence-electron chi connectivity index (χ1n) is 12.0. The van der Waals surface area contributed by atoms with Gasteiger partial charge in [0.25, 0.3) is 0 Å². The average molecular weight is 460 g/mol. The molecule has 2 aliphatic rings. The SMILES string of the molecule is CC(C)C[C@@H]1NC(=O)[C@@H]2C[C@H](C(=O)NCCCC[N+](C)(C)C)[C@H](c3ccc(O)cc3)N2C1=O. The fraction of sp³-hybridized carbons (Fsp3) is 0.640. The van der Waals surface area contributed by atoms with Crippen LogP contribution in [0.25, 0.3) is 0 Å². The molecule has 0 radical (unpaired) electrons. The van der Waals surface area contributed by atoms with Crippen molar-refractivity contribution in [2.45, 2.75) is 57.7 Å². The lowest BCUT2D eigenvalue weighted by Gasteiger charge is -2.39. The van der Waals surface area contributed by atoms with E-state index >= 15 is 0 Å². The molecule has 0 aromatic heterocycles. The molecule has 1 aromatic carbocycles. The summed E-state index contributed by atoms with van der Waals surface area (Å²) < 4.78 is 0.880. The number of rotatable bonds is 9. The van der Waals surface area contributed by atoms with Crippen molar-refractivity contribution in [3.8, 4) is 5.75 Å². The second kappa shape index (κ2) is 10.1. The van der Waals surface area contributed by atoms with E-state index in [1.54, 1.807) is 29.2 Å². The summed E-state index contributed by atoms with van der Waals surface area (Å²) in [6, 6.07) is 4.82.